The van der Waals surface area contributed by atoms with Crippen molar-refractivity contribution in [1.29, 1.82) is 0 Å². The van der Waals surface area contributed by atoms with E-state index in [0.717, 1.165) is 10.6 Å². The third-order valence-electron chi connectivity index (χ3n) is 5.23. The van der Waals surface area contributed by atoms with Gasteiger partial charge in [0.15, 0.2) is 0 Å². The number of sulfonamides is 1. The van der Waals surface area contributed by atoms with Gasteiger partial charge in [0.2, 0.25) is 15.9 Å². The molecule has 0 saturated heterocycles. The summed E-state index contributed by atoms with van der Waals surface area (Å²) in [5.41, 5.74) is 0.951. The molecular formula is C22H29N3O7S. The molecule has 2 aromatic rings. The molecule has 0 unspecified atom stereocenters. The predicted octanol–water partition coefficient (Wildman–Crippen LogP) is 3.34. The van der Waals surface area contributed by atoms with E-state index in [9.17, 15) is 23.3 Å². The summed E-state index contributed by atoms with van der Waals surface area (Å²) in [5.74, 6) is 0.557. The number of nitrogens with zero attached hydrogens (tertiary/aromatic N) is 2. The Kier molecular flexibility index (Phi) is 8.26. The molecule has 180 valence electrons. The molecule has 1 amide bonds. The Morgan fingerprint density at radius 1 is 1.18 bits per heavy atom. The summed E-state index contributed by atoms with van der Waals surface area (Å²) >= 11 is 0. The van der Waals surface area contributed by atoms with Crippen molar-refractivity contribution in [2.24, 2.45) is 0 Å². The summed E-state index contributed by atoms with van der Waals surface area (Å²) in [7, 11) is -0.932. The van der Waals surface area contributed by atoms with Crippen LogP contribution in [0.5, 0.6) is 11.5 Å². The molecule has 0 heterocycles. The number of nitro benzene ring substituents is 1. The van der Waals surface area contributed by atoms with E-state index in [0.29, 0.717) is 22.6 Å². The van der Waals surface area contributed by atoms with Crippen molar-refractivity contribution in [3.8, 4) is 11.5 Å². The van der Waals surface area contributed by atoms with Gasteiger partial charge < -0.3 is 14.8 Å². The normalized spacial score (nSPS) is 13.0. The first kappa shape index (κ1) is 25.9. The molecule has 0 fully saturated rings. The van der Waals surface area contributed by atoms with Crippen LogP contribution in [0.3, 0.4) is 0 Å². The first-order valence-corrected chi connectivity index (χ1v) is 12.1. The molecule has 0 aromatic heterocycles. The molecule has 2 atom stereocenters. The van der Waals surface area contributed by atoms with Crippen LogP contribution in [0.1, 0.15) is 37.4 Å². The topological polar surface area (TPSA) is 128 Å². The Hall–Kier alpha value is -3.34. The maximum Gasteiger partial charge on any atom is 0.271 e. The van der Waals surface area contributed by atoms with Crippen molar-refractivity contribution in [3.05, 3.63) is 57.6 Å². The second kappa shape index (κ2) is 10.5. The minimum Gasteiger partial charge on any atom is -0.497 e. The van der Waals surface area contributed by atoms with E-state index in [1.54, 1.807) is 39.0 Å². The smallest absolute Gasteiger partial charge is 0.271 e. The number of amides is 1. The van der Waals surface area contributed by atoms with Crippen LogP contribution in [0.25, 0.3) is 0 Å². The molecule has 33 heavy (non-hydrogen) atoms. The van der Waals surface area contributed by atoms with E-state index < -0.39 is 32.9 Å². The highest BCUT2D eigenvalue weighted by Gasteiger charge is 2.34. The van der Waals surface area contributed by atoms with Gasteiger partial charge in [-0.2, -0.15) is 0 Å². The highest BCUT2D eigenvalue weighted by Crippen LogP contribution is 2.32. The van der Waals surface area contributed by atoms with Crippen LogP contribution in [-0.2, 0) is 14.8 Å². The lowest BCUT2D eigenvalue weighted by Gasteiger charge is -2.32. The van der Waals surface area contributed by atoms with Crippen molar-refractivity contribution in [1.82, 2.24) is 5.32 Å². The molecule has 0 saturated carbocycles. The van der Waals surface area contributed by atoms with E-state index in [1.165, 1.54) is 32.4 Å². The summed E-state index contributed by atoms with van der Waals surface area (Å²) in [6.07, 6.45) is 1.11. The maximum absolute atomic E-state index is 13.3. The van der Waals surface area contributed by atoms with E-state index in [1.807, 2.05) is 0 Å². The molecule has 11 heteroatoms. The van der Waals surface area contributed by atoms with E-state index in [-0.39, 0.29) is 17.8 Å². The van der Waals surface area contributed by atoms with Gasteiger partial charge >= 0.3 is 0 Å². The van der Waals surface area contributed by atoms with Gasteiger partial charge in [0.25, 0.3) is 5.69 Å². The lowest BCUT2D eigenvalue weighted by atomic mass is 10.1. The molecule has 0 aliphatic rings. The standard InChI is InChI=1S/C22H29N3O7S/c1-7-19(22(26)23-15(3)18-13-17(31-4)10-11-21(18)32-5)24(33(6,29)30)20-12-16(25(27)28)9-8-14(20)2/h8-13,15,19H,7H2,1-6H3,(H,23,26)/t15-,19+/m0/s1. The van der Waals surface area contributed by atoms with Gasteiger partial charge in [0.1, 0.15) is 17.5 Å². The average Bonchev–Trinajstić information content (AvgIpc) is 2.76. The predicted molar refractivity (Wildman–Crippen MR) is 125 cm³/mol. The molecule has 0 bridgehead atoms. The van der Waals surface area contributed by atoms with Gasteiger partial charge in [-0.05, 0) is 44.0 Å². The quantitative estimate of drug-likeness (QED) is 0.409. The van der Waals surface area contributed by atoms with Crippen LogP contribution in [0.4, 0.5) is 11.4 Å². The van der Waals surface area contributed by atoms with Crippen LogP contribution in [0, 0.1) is 17.0 Å². The third kappa shape index (κ3) is 5.92. The number of benzene rings is 2. The first-order chi connectivity index (χ1) is 15.4. The summed E-state index contributed by atoms with van der Waals surface area (Å²) in [5, 5.41) is 14.1. The van der Waals surface area contributed by atoms with Gasteiger partial charge in [-0.15, -0.1) is 0 Å². The Labute approximate surface area is 193 Å². The monoisotopic (exact) mass is 479 g/mol. The van der Waals surface area contributed by atoms with Crippen LogP contribution < -0.4 is 19.1 Å². The Balaban J connectivity index is 2.47. The van der Waals surface area contributed by atoms with Crippen molar-refractivity contribution >= 4 is 27.3 Å². The molecule has 0 spiro atoms. The number of rotatable bonds is 10. The summed E-state index contributed by atoms with van der Waals surface area (Å²) in [4.78, 5) is 23.9. The number of carbonyl (C=O) groups excluding carboxylic acids is 1. The van der Waals surface area contributed by atoms with Gasteiger partial charge in [-0.25, -0.2) is 8.42 Å². The molecule has 0 aliphatic heterocycles. The minimum atomic E-state index is -3.96. The average molecular weight is 480 g/mol. The van der Waals surface area contributed by atoms with E-state index in [4.69, 9.17) is 9.47 Å². The van der Waals surface area contributed by atoms with Crippen molar-refractivity contribution in [2.45, 2.75) is 39.3 Å². The van der Waals surface area contributed by atoms with Gasteiger partial charge in [0, 0.05) is 17.7 Å². The zero-order valence-corrected chi connectivity index (χ0v) is 20.3. The number of methoxy groups -OCH3 is 2. The Morgan fingerprint density at radius 2 is 1.85 bits per heavy atom. The number of hydrogen-bond acceptors (Lipinski definition) is 7. The fraction of sp³-hybridized carbons (Fsp3) is 0.409. The highest BCUT2D eigenvalue weighted by molar-refractivity contribution is 7.92. The molecular weight excluding hydrogens is 450 g/mol. The summed E-state index contributed by atoms with van der Waals surface area (Å²) < 4.78 is 37.1. The third-order valence-corrected chi connectivity index (χ3v) is 6.40. The van der Waals surface area contributed by atoms with Crippen LogP contribution >= 0.6 is 0 Å². The zero-order valence-electron chi connectivity index (χ0n) is 19.5. The van der Waals surface area contributed by atoms with Gasteiger partial charge in [-0.1, -0.05) is 13.0 Å². The van der Waals surface area contributed by atoms with Gasteiger partial charge in [-0.3, -0.25) is 19.2 Å². The largest absolute Gasteiger partial charge is 0.497 e. The van der Waals surface area contributed by atoms with Crippen molar-refractivity contribution in [3.63, 3.8) is 0 Å². The number of hydrogen-bond donors (Lipinski definition) is 1. The molecule has 2 aromatic carbocycles. The number of carbonyl (C=O) groups is 1. The number of nitro groups is 1. The maximum atomic E-state index is 13.3. The first-order valence-electron chi connectivity index (χ1n) is 10.2. The lowest BCUT2D eigenvalue weighted by molar-refractivity contribution is -0.384. The Morgan fingerprint density at radius 3 is 2.36 bits per heavy atom. The fourth-order valence-corrected chi connectivity index (χ4v) is 4.81. The van der Waals surface area contributed by atoms with Gasteiger partial charge in [0.05, 0.1) is 37.1 Å². The summed E-state index contributed by atoms with van der Waals surface area (Å²) in [6, 6.07) is 7.41. The van der Waals surface area contributed by atoms with E-state index in [2.05, 4.69) is 5.32 Å². The zero-order chi connectivity index (χ0) is 24.9. The van der Waals surface area contributed by atoms with Crippen molar-refractivity contribution < 1.29 is 27.6 Å². The number of nitrogens with one attached hydrogen (secondary N) is 1. The highest BCUT2D eigenvalue weighted by atomic mass is 32.2. The second-order valence-electron chi connectivity index (χ2n) is 7.55. The number of ether oxygens (including phenoxy) is 2. The summed E-state index contributed by atoms with van der Waals surface area (Å²) in [6.45, 7) is 5.04. The lowest BCUT2D eigenvalue weighted by Crippen LogP contribution is -2.50. The Bertz CT molecular complexity index is 1130. The second-order valence-corrected chi connectivity index (χ2v) is 9.41. The number of anilines is 1. The fourth-order valence-electron chi connectivity index (χ4n) is 3.55. The number of aryl methyl sites for hydroxylation is 1. The van der Waals surface area contributed by atoms with Crippen LogP contribution in [0.15, 0.2) is 36.4 Å². The SMILES string of the molecule is CC[C@H](C(=O)N[C@@H](C)c1cc(OC)ccc1OC)N(c1cc([N+](=O)[O-])ccc1C)S(C)(=O)=O. The van der Waals surface area contributed by atoms with Crippen LogP contribution in [0.2, 0.25) is 0 Å². The molecule has 0 radical (unpaired) electrons. The minimum absolute atomic E-state index is 0.0836. The molecule has 0 aliphatic carbocycles. The molecule has 2 rings (SSSR count). The van der Waals surface area contributed by atoms with Crippen LogP contribution in [-0.4, -0.2) is 45.8 Å². The molecule has 10 nitrogen and oxygen atoms in total. The van der Waals surface area contributed by atoms with E-state index >= 15 is 0 Å². The molecule has 1 N–H and O–H groups in total. The number of non-ortho nitro benzene ring substituents is 1. The van der Waals surface area contributed by atoms with Crippen molar-refractivity contribution in [2.75, 3.05) is 24.8 Å².